The molecule has 0 unspecified atom stereocenters. The summed E-state index contributed by atoms with van der Waals surface area (Å²) in [7, 11) is 3.50. The SMILES string of the molecule is C1CCCCC1.CC.C[N-]C.Cc1ccc(-c2n[nH]c(=O)c3ccccc23)cc1.[Rb+]. The van der Waals surface area contributed by atoms with Gasteiger partial charge in [-0.2, -0.15) is 19.2 Å². The van der Waals surface area contributed by atoms with Crippen molar-refractivity contribution in [2.24, 2.45) is 0 Å². The summed E-state index contributed by atoms with van der Waals surface area (Å²) >= 11 is 0. The van der Waals surface area contributed by atoms with Crippen molar-refractivity contribution in [3.8, 4) is 11.3 Å². The predicted octanol–water partition coefficient (Wildman–Crippen LogP) is 3.89. The number of nitrogens with one attached hydrogen (secondary N) is 1. The second-order valence-corrected chi connectivity index (χ2v) is 6.88. The van der Waals surface area contributed by atoms with Crippen molar-refractivity contribution in [3.05, 3.63) is 69.8 Å². The van der Waals surface area contributed by atoms with Gasteiger partial charge in [0, 0.05) is 10.9 Å². The fourth-order valence-corrected chi connectivity index (χ4v) is 3.11. The first-order chi connectivity index (χ1) is 14.2. The quantitative estimate of drug-likeness (QED) is 0.575. The largest absolute Gasteiger partial charge is 1.00 e. The molecule has 1 N–H and O–H groups in total. The van der Waals surface area contributed by atoms with Crippen molar-refractivity contribution in [3.63, 3.8) is 0 Å². The molecule has 1 fully saturated rings. The van der Waals surface area contributed by atoms with Gasteiger partial charge in [0.15, 0.2) is 0 Å². The van der Waals surface area contributed by atoms with Crippen molar-refractivity contribution in [2.75, 3.05) is 14.1 Å². The van der Waals surface area contributed by atoms with E-state index in [1.165, 1.54) is 44.1 Å². The molecule has 1 saturated carbocycles. The normalized spacial score (nSPS) is 12.0. The van der Waals surface area contributed by atoms with E-state index in [0.717, 1.165) is 16.6 Å². The van der Waals surface area contributed by atoms with E-state index in [4.69, 9.17) is 0 Å². The maximum Gasteiger partial charge on any atom is 1.00 e. The second-order valence-electron chi connectivity index (χ2n) is 6.88. The van der Waals surface area contributed by atoms with E-state index in [1.54, 1.807) is 14.1 Å². The standard InChI is InChI=1S/C15H12N2O.C6H12.C2H6N.C2H6.Rb/c1-10-6-8-11(9-7-10)14-12-4-2-3-5-13(12)15(18)17-16-14;1-2-4-6-5-3-1;1-3-2;1-2;/h2-9H,1H3,(H,17,18);1-6H2;1-2H3;1-2H3;/q;;-1;;+1. The molecule has 0 atom stereocenters. The number of benzene rings is 2. The van der Waals surface area contributed by atoms with Gasteiger partial charge in [0.1, 0.15) is 0 Å². The minimum atomic E-state index is -0.151. The van der Waals surface area contributed by atoms with E-state index in [-0.39, 0.29) is 63.7 Å². The molecule has 0 aliphatic heterocycles. The molecule has 158 valence electrons. The molecule has 0 radical (unpaired) electrons. The number of aromatic nitrogens is 2. The van der Waals surface area contributed by atoms with Crippen LogP contribution in [0, 0.1) is 6.92 Å². The molecular weight excluding hydrogens is 444 g/mol. The van der Waals surface area contributed by atoms with Crippen LogP contribution in [0.4, 0.5) is 0 Å². The van der Waals surface area contributed by atoms with Gasteiger partial charge in [0.05, 0.1) is 11.1 Å². The summed E-state index contributed by atoms with van der Waals surface area (Å²) < 4.78 is 0. The number of hydrogen-bond donors (Lipinski definition) is 1. The zero-order valence-electron chi connectivity index (χ0n) is 19.7. The first kappa shape index (κ1) is 29.3. The molecule has 1 aliphatic rings. The molecule has 30 heavy (non-hydrogen) atoms. The van der Waals surface area contributed by atoms with Crippen molar-refractivity contribution < 1.29 is 58.2 Å². The third-order valence-electron chi connectivity index (χ3n) is 4.52. The maximum atomic E-state index is 11.7. The summed E-state index contributed by atoms with van der Waals surface area (Å²) in [5, 5.41) is 11.8. The molecule has 0 spiro atoms. The second kappa shape index (κ2) is 18.0. The summed E-state index contributed by atoms with van der Waals surface area (Å²) in [5.41, 5.74) is 2.87. The van der Waals surface area contributed by atoms with Gasteiger partial charge in [0.2, 0.25) is 0 Å². The van der Waals surface area contributed by atoms with Crippen LogP contribution in [0.2, 0.25) is 0 Å². The Morgan fingerprint density at radius 1 is 0.800 bits per heavy atom. The Labute approximate surface area is 231 Å². The van der Waals surface area contributed by atoms with Crippen molar-refractivity contribution in [1.82, 2.24) is 10.2 Å². The molecule has 5 heteroatoms. The molecular formula is C25H36N3ORb. The third kappa shape index (κ3) is 10.1. The summed E-state index contributed by atoms with van der Waals surface area (Å²) in [4.78, 5) is 11.7. The fourth-order valence-electron chi connectivity index (χ4n) is 3.11. The maximum absolute atomic E-state index is 11.7. The van der Waals surface area contributed by atoms with Gasteiger partial charge >= 0.3 is 58.2 Å². The number of rotatable bonds is 1. The molecule has 1 heterocycles. The summed E-state index contributed by atoms with van der Waals surface area (Å²) in [5.74, 6) is 0. The molecule has 1 aliphatic carbocycles. The Hall–Kier alpha value is -0.655. The third-order valence-corrected chi connectivity index (χ3v) is 4.52. The fraction of sp³-hybridized carbons (Fsp3) is 0.440. The van der Waals surface area contributed by atoms with Crippen LogP contribution in [0.3, 0.4) is 0 Å². The monoisotopic (exact) mass is 479 g/mol. The number of nitrogens with zero attached hydrogens (tertiary/aromatic N) is 2. The van der Waals surface area contributed by atoms with Crippen LogP contribution < -0.4 is 63.7 Å². The average molecular weight is 480 g/mol. The van der Waals surface area contributed by atoms with Crippen molar-refractivity contribution in [2.45, 2.75) is 59.3 Å². The minimum Gasteiger partial charge on any atom is -0.668 e. The van der Waals surface area contributed by atoms with Crippen LogP contribution >= 0.6 is 0 Å². The van der Waals surface area contributed by atoms with E-state index in [2.05, 4.69) is 15.5 Å². The van der Waals surface area contributed by atoms with Crippen LogP contribution in [0.15, 0.2) is 53.3 Å². The van der Waals surface area contributed by atoms with Crippen LogP contribution in [0.5, 0.6) is 0 Å². The van der Waals surface area contributed by atoms with E-state index in [1.807, 2.05) is 69.3 Å². The Balaban J connectivity index is 0.000000588. The Bertz CT molecular complexity index is 860. The summed E-state index contributed by atoms with van der Waals surface area (Å²) in [6.07, 6.45) is 9.00. The predicted molar refractivity (Wildman–Crippen MR) is 127 cm³/mol. The number of aryl methyl sites for hydroxylation is 1. The van der Waals surface area contributed by atoms with Crippen LogP contribution in [-0.4, -0.2) is 24.3 Å². The molecule has 2 aromatic carbocycles. The van der Waals surface area contributed by atoms with Crippen LogP contribution in [-0.2, 0) is 0 Å². The van der Waals surface area contributed by atoms with Crippen LogP contribution in [0.1, 0.15) is 57.9 Å². The molecule has 0 saturated heterocycles. The van der Waals surface area contributed by atoms with E-state index in [0.29, 0.717) is 5.39 Å². The number of hydrogen-bond acceptors (Lipinski definition) is 2. The van der Waals surface area contributed by atoms with Gasteiger partial charge in [-0.05, 0) is 13.0 Å². The molecule has 0 amide bonds. The molecule has 4 rings (SSSR count). The number of fused-ring (bicyclic) bond motifs is 1. The van der Waals surface area contributed by atoms with Gasteiger partial charge in [-0.3, -0.25) is 4.79 Å². The molecule has 0 bridgehead atoms. The van der Waals surface area contributed by atoms with E-state index in [9.17, 15) is 4.79 Å². The Morgan fingerprint density at radius 3 is 1.70 bits per heavy atom. The van der Waals surface area contributed by atoms with Crippen LogP contribution in [0.25, 0.3) is 27.3 Å². The summed E-state index contributed by atoms with van der Waals surface area (Å²) in [6, 6.07) is 15.6. The minimum absolute atomic E-state index is 0. The zero-order valence-corrected chi connectivity index (χ0v) is 24.6. The van der Waals surface area contributed by atoms with Gasteiger partial charge in [-0.15, -0.1) is 0 Å². The summed E-state index contributed by atoms with van der Waals surface area (Å²) in [6.45, 7) is 6.04. The Morgan fingerprint density at radius 2 is 1.23 bits per heavy atom. The Kier molecular flexibility index (Phi) is 17.6. The van der Waals surface area contributed by atoms with Crippen molar-refractivity contribution >= 4 is 10.8 Å². The van der Waals surface area contributed by atoms with E-state index < -0.39 is 0 Å². The smallest absolute Gasteiger partial charge is 0.668 e. The topological polar surface area (TPSA) is 59.9 Å². The molecule has 3 aromatic rings. The van der Waals surface area contributed by atoms with Gasteiger partial charge in [-0.25, -0.2) is 5.10 Å². The average Bonchev–Trinajstić information content (AvgIpc) is 2.79. The first-order valence-corrected chi connectivity index (χ1v) is 10.7. The zero-order chi connectivity index (χ0) is 21.5. The molecule has 4 nitrogen and oxygen atoms in total. The van der Waals surface area contributed by atoms with Gasteiger partial charge < -0.3 is 5.32 Å². The van der Waals surface area contributed by atoms with E-state index >= 15 is 0 Å². The van der Waals surface area contributed by atoms with Gasteiger partial charge in [-0.1, -0.05) is 100 Å². The number of H-pyrrole nitrogens is 1. The van der Waals surface area contributed by atoms with Gasteiger partial charge in [0.25, 0.3) is 5.56 Å². The van der Waals surface area contributed by atoms with Crippen molar-refractivity contribution in [1.29, 1.82) is 0 Å². The number of aromatic amines is 1. The first-order valence-electron chi connectivity index (χ1n) is 10.7. The molecule has 1 aromatic heterocycles.